The van der Waals surface area contributed by atoms with Crippen molar-refractivity contribution in [1.82, 2.24) is 9.78 Å². The van der Waals surface area contributed by atoms with Crippen LogP contribution in [0.4, 0.5) is 0 Å². The van der Waals surface area contributed by atoms with E-state index < -0.39 is 9.84 Å². The van der Waals surface area contributed by atoms with Gasteiger partial charge >= 0.3 is 0 Å². The summed E-state index contributed by atoms with van der Waals surface area (Å²) in [7, 11) is -3.52. The molecule has 0 saturated heterocycles. The molecule has 1 aromatic heterocycles. The Hall–Kier alpha value is -3.18. The molecule has 5 heteroatoms. The quantitative estimate of drug-likeness (QED) is 0.327. The van der Waals surface area contributed by atoms with Crippen LogP contribution in [-0.4, -0.2) is 18.2 Å². The summed E-state index contributed by atoms with van der Waals surface area (Å²) in [5.74, 6) is -0.116. The van der Waals surface area contributed by atoms with Gasteiger partial charge in [-0.25, -0.2) is 13.1 Å². The third-order valence-corrected chi connectivity index (χ3v) is 7.30. The Bertz CT molecular complexity index is 1290. The topological polar surface area (TPSA) is 52.0 Å². The number of hydrogen-bond donors (Lipinski definition) is 0. The van der Waals surface area contributed by atoms with Crippen LogP contribution in [0.3, 0.4) is 0 Å². The highest BCUT2D eigenvalue weighted by atomic mass is 32.2. The fraction of sp³-hybridized carbons (Fsp3) is 0.222. The van der Waals surface area contributed by atoms with Crippen molar-refractivity contribution in [2.24, 2.45) is 0 Å². The highest BCUT2D eigenvalue weighted by Gasteiger charge is 2.21. The third kappa shape index (κ3) is 4.83. The second-order valence-electron chi connectivity index (χ2n) is 8.09. The average Bonchev–Trinajstić information content (AvgIpc) is 3.21. The lowest BCUT2D eigenvalue weighted by atomic mass is 10.1. The molecule has 0 saturated carbocycles. The van der Waals surface area contributed by atoms with E-state index in [0.29, 0.717) is 10.6 Å². The minimum atomic E-state index is -3.52. The van der Waals surface area contributed by atoms with Crippen LogP contribution >= 0.6 is 0 Å². The molecule has 0 aliphatic carbocycles. The summed E-state index contributed by atoms with van der Waals surface area (Å²) in [6, 6.07) is 26.9. The molecule has 0 atom stereocenters. The van der Waals surface area contributed by atoms with Gasteiger partial charge in [0.2, 0.25) is 0 Å². The zero-order valence-electron chi connectivity index (χ0n) is 18.5. The van der Waals surface area contributed by atoms with E-state index in [1.807, 2.05) is 79.7 Å². The third-order valence-electron chi connectivity index (χ3n) is 5.64. The van der Waals surface area contributed by atoms with Crippen molar-refractivity contribution in [3.63, 3.8) is 0 Å². The van der Waals surface area contributed by atoms with Crippen molar-refractivity contribution in [3.05, 3.63) is 102 Å². The largest absolute Gasteiger partial charge is 0.236 e. The van der Waals surface area contributed by atoms with E-state index in [4.69, 9.17) is 5.10 Å². The number of nitrogens with zero attached hydrogens (tertiary/aromatic N) is 2. The summed E-state index contributed by atoms with van der Waals surface area (Å²) in [6.45, 7) is 4.16. The van der Waals surface area contributed by atoms with Gasteiger partial charge in [0.05, 0.1) is 27.7 Å². The molecule has 0 radical (unpaired) electrons. The number of hydrogen-bond acceptors (Lipinski definition) is 3. The van der Waals surface area contributed by atoms with E-state index in [0.717, 1.165) is 41.8 Å². The van der Waals surface area contributed by atoms with Gasteiger partial charge in [0.1, 0.15) is 0 Å². The van der Waals surface area contributed by atoms with Crippen molar-refractivity contribution >= 4 is 9.84 Å². The monoisotopic (exact) mass is 444 g/mol. The van der Waals surface area contributed by atoms with Gasteiger partial charge in [-0.15, -0.1) is 0 Å². The first-order valence-electron chi connectivity index (χ1n) is 11.0. The molecular weight excluding hydrogens is 416 g/mol. The SMILES string of the molecule is CCCCc1ccc(S(=O)(=O)Cc2cc(-c3ccccc3)nn2-c2ccccc2C)cc1. The molecule has 4 aromatic rings. The summed E-state index contributed by atoms with van der Waals surface area (Å²) in [5, 5.41) is 4.79. The van der Waals surface area contributed by atoms with Gasteiger partial charge < -0.3 is 0 Å². The number of benzene rings is 3. The second kappa shape index (κ2) is 9.53. The summed E-state index contributed by atoms with van der Waals surface area (Å²) in [6.07, 6.45) is 3.19. The van der Waals surface area contributed by atoms with Crippen molar-refractivity contribution in [3.8, 4) is 16.9 Å². The molecule has 0 aliphatic rings. The normalized spacial score (nSPS) is 11.6. The maximum absolute atomic E-state index is 13.3. The van der Waals surface area contributed by atoms with Crippen molar-refractivity contribution < 1.29 is 8.42 Å². The lowest BCUT2D eigenvalue weighted by molar-refractivity contribution is 0.593. The minimum Gasteiger partial charge on any atom is -0.236 e. The van der Waals surface area contributed by atoms with Crippen LogP contribution in [-0.2, 0) is 22.0 Å². The number of aromatic nitrogens is 2. The van der Waals surface area contributed by atoms with Crippen LogP contribution in [0.2, 0.25) is 0 Å². The summed E-state index contributed by atoms with van der Waals surface area (Å²) in [5.41, 5.74) is 5.45. The molecular formula is C27H28N2O2S. The van der Waals surface area contributed by atoms with Gasteiger partial charge in [0, 0.05) is 5.56 Å². The van der Waals surface area contributed by atoms with E-state index in [-0.39, 0.29) is 5.75 Å². The predicted octanol–water partition coefficient (Wildman–Crippen LogP) is 6.16. The first kappa shape index (κ1) is 22.0. The molecule has 0 spiro atoms. The van der Waals surface area contributed by atoms with E-state index in [1.54, 1.807) is 16.8 Å². The Morgan fingerprint density at radius 3 is 2.25 bits per heavy atom. The molecule has 0 unspecified atom stereocenters. The maximum atomic E-state index is 13.3. The van der Waals surface area contributed by atoms with Crippen LogP contribution in [0.25, 0.3) is 16.9 Å². The smallest absolute Gasteiger partial charge is 0.184 e. The number of sulfone groups is 1. The zero-order chi connectivity index (χ0) is 22.6. The molecule has 0 amide bonds. The lowest BCUT2D eigenvalue weighted by Crippen LogP contribution is -2.11. The van der Waals surface area contributed by atoms with Gasteiger partial charge in [-0.2, -0.15) is 5.10 Å². The number of aryl methyl sites for hydroxylation is 2. The molecule has 0 aliphatic heterocycles. The van der Waals surface area contributed by atoms with Gasteiger partial charge in [-0.1, -0.05) is 74.0 Å². The zero-order valence-corrected chi connectivity index (χ0v) is 19.3. The Morgan fingerprint density at radius 2 is 1.56 bits per heavy atom. The molecule has 0 bridgehead atoms. The molecule has 1 heterocycles. The fourth-order valence-electron chi connectivity index (χ4n) is 3.80. The van der Waals surface area contributed by atoms with Crippen molar-refractivity contribution in [1.29, 1.82) is 0 Å². The molecule has 0 fully saturated rings. The highest BCUT2D eigenvalue weighted by molar-refractivity contribution is 7.90. The van der Waals surface area contributed by atoms with Crippen LogP contribution < -0.4 is 0 Å². The van der Waals surface area contributed by atoms with Crippen LogP contribution in [0.5, 0.6) is 0 Å². The Kier molecular flexibility index (Phi) is 6.56. The predicted molar refractivity (Wildman–Crippen MR) is 130 cm³/mol. The fourth-order valence-corrected chi connectivity index (χ4v) is 5.12. The van der Waals surface area contributed by atoms with Crippen LogP contribution in [0.1, 0.15) is 36.6 Å². The Balaban J connectivity index is 1.72. The number of unbranched alkanes of at least 4 members (excludes halogenated alkanes) is 1. The number of para-hydroxylation sites is 1. The molecule has 164 valence electrons. The molecule has 0 N–H and O–H groups in total. The number of rotatable bonds is 8. The van der Waals surface area contributed by atoms with Crippen molar-refractivity contribution in [2.75, 3.05) is 0 Å². The van der Waals surface area contributed by atoms with E-state index in [2.05, 4.69) is 6.92 Å². The summed E-state index contributed by atoms with van der Waals surface area (Å²) in [4.78, 5) is 0.344. The molecule has 32 heavy (non-hydrogen) atoms. The van der Waals surface area contributed by atoms with E-state index in [9.17, 15) is 8.42 Å². The maximum Gasteiger partial charge on any atom is 0.184 e. The second-order valence-corrected chi connectivity index (χ2v) is 10.1. The van der Waals surface area contributed by atoms with Crippen LogP contribution in [0, 0.1) is 6.92 Å². The average molecular weight is 445 g/mol. The van der Waals surface area contributed by atoms with Crippen LogP contribution in [0.15, 0.2) is 89.8 Å². The first-order valence-corrected chi connectivity index (χ1v) is 12.7. The summed E-state index contributed by atoms with van der Waals surface area (Å²) < 4.78 is 28.4. The Morgan fingerprint density at radius 1 is 0.875 bits per heavy atom. The lowest BCUT2D eigenvalue weighted by Gasteiger charge is -2.11. The Labute approximate surface area is 190 Å². The molecule has 4 nitrogen and oxygen atoms in total. The van der Waals surface area contributed by atoms with Gasteiger partial charge in [0.25, 0.3) is 0 Å². The van der Waals surface area contributed by atoms with Gasteiger partial charge in [-0.3, -0.25) is 0 Å². The van der Waals surface area contributed by atoms with Gasteiger partial charge in [0.15, 0.2) is 9.84 Å². The van der Waals surface area contributed by atoms with E-state index >= 15 is 0 Å². The first-order chi connectivity index (χ1) is 15.5. The minimum absolute atomic E-state index is 0.116. The van der Waals surface area contributed by atoms with Gasteiger partial charge in [-0.05, 0) is 55.2 Å². The van der Waals surface area contributed by atoms with Crippen molar-refractivity contribution in [2.45, 2.75) is 43.8 Å². The molecule has 4 rings (SSSR count). The van der Waals surface area contributed by atoms with E-state index in [1.165, 1.54) is 5.56 Å². The standard InChI is InChI=1S/C27H28N2O2S/c1-3-4-11-22-15-17-25(18-16-22)32(30,31)20-24-19-26(23-12-6-5-7-13-23)28-29(24)27-14-9-8-10-21(27)2/h5-10,12-19H,3-4,11,20H2,1-2H3. The molecule has 3 aromatic carbocycles. The highest BCUT2D eigenvalue weighted by Crippen LogP contribution is 2.26. The summed E-state index contributed by atoms with van der Waals surface area (Å²) >= 11 is 0.